The molecule has 3 aromatic rings. The fraction of sp³-hybridized carbons (Fsp3) is 0.280. The molecule has 3 rings (SSSR count). The minimum absolute atomic E-state index is 0.0529. The summed E-state index contributed by atoms with van der Waals surface area (Å²) in [6.07, 6.45) is 3.37. The zero-order valence-corrected chi connectivity index (χ0v) is 18.8. The molecule has 0 radical (unpaired) electrons. The number of pyridine rings is 1. The molecule has 0 fully saturated rings. The Balaban J connectivity index is 1.90. The Morgan fingerprint density at radius 3 is 2.30 bits per heavy atom. The number of nitrogens with one attached hydrogen (secondary N) is 1. The molecule has 1 N–H and O–H groups in total. The Morgan fingerprint density at radius 2 is 1.73 bits per heavy atom. The van der Waals surface area contributed by atoms with Crippen molar-refractivity contribution in [2.75, 3.05) is 12.4 Å². The SMILES string of the molecule is COc1cc(C(Nc2ccc(C(=O)OC(C)(C)C)cc2)c2cccnc2)ccc1OC(F)F. The van der Waals surface area contributed by atoms with E-state index in [2.05, 4.69) is 15.0 Å². The molecule has 0 saturated carbocycles. The molecule has 33 heavy (non-hydrogen) atoms. The van der Waals surface area contributed by atoms with Crippen LogP contribution in [0.5, 0.6) is 11.5 Å². The van der Waals surface area contributed by atoms with Gasteiger partial charge in [-0.1, -0.05) is 12.1 Å². The van der Waals surface area contributed by atoms with E-state index in [0.29, 0.717) is 5.56 Å². The number of rotatable bonds is 8. The van der Waals surface area contributed by atoms with Gasteiger partial charge in [0.15, 0.2) is 11.5 Å². The van der Waals surface area contributed by atoms with Crippen molar-refractivity contribution in [2.24, 2.45) is 0 Å². The van der Waals surface area contributed by atoms with Crippen molar-refractivity contribution in [3.63, 3.8) is 0 Å². The number of aromatic nitrogens is 1. The van der Waals surface area contributed by atoms with Gasteiger partial charge in [0, 0.05) is 18.1 Å². The zero-order valence-electron chi connectivity index (χ0n) is 18.8. The highest BCUT2D eigenvalue weighted by Crippen LogP contribution is 2.35. The van der Waals surface area contributed by atoms with Crippen LogP contribution in [0.25, 0.3) is 0 Å². The monoisotopic (exact) mass is 456 g/mol. The largest absolute Gasteiger partial charge is 0.493 e. The Hall–Kier alpha value is -3.68. The quantitative estimate of drug-likeness (QED) is 0.429. The molecule has 0 bridgehead atoms. The van der Waals surface area contributed by atoms with Gasteiger partial charge in [0.1, 0.15) is 5.60 Å². The van der Waals surface area contributed by atoms with Gasteiger partial charge in [0.05, 0.1) is 18.7 Å². The van der Waals surface area contributed by atoms with E-state index in [1.165, 1.54) is 13.2 Å². The van der Waals surface area contributed by atoms with E-state index in [9.17, 15) is 13.6 Å². The minimum atomic E-state index is -2.96. The topological polar surface area (TPSA) is 69.7 Å². The van der Waals surface area contributed by atoms with E-state index < -0.39 is 18.2 Å². The van der Waals surface area contributed by atoms with Gasteiger partial charge in [-0.3, -0.25) is 4.98 Å². The Bertz CT molecular complexity index is 1070. The maximum absolute atomic E-state index is 12.7. The summed E-state index contributed by atoms with van der Waals surface area (Å²) in [7, 11) is 1.39. The van der Waals surface area contributed by atoms with Gasteiger partial charge in [-0.15, -0.1) is 0 Å². The fourth-order valence-corrected chi connectivity index (χ4v) is 3.17. The second kappa shape index (κ2) is 10.3. The van der Waals surface area contributed by atoms with E-state index in [1.807, 2.05) is 26.8 Å². The van der Waals surface area contributed by atoms with Crippen molar-refractivity contribution in [3.05, 3.63) is 83.7 Å². The van der Waals surface area contributed by atoms with Crippen molar-refractivity contribution < 1.29 is 27.8 Å². The number of benzene rings is 2. The van der Waals surface area contributed by atoms with Crippen LogP contribution >= 0.6 is 0 Å². The molecule has 1 unspecified atom stereocenters. The molecule has 0 spiro atoms. The molecule has 0 saturated heterocycles. The predicted octanol–water partition coefficient (Wildman–Crippen LogP) is 5.85. The van der Waals surface area contributed by atoms with Crippen LogP contribution in [0.15, 0.2) is 67.0 Å². The summed E-state index contributed by atoms with van der Waals surface area (Å²) in [5.74, 6) is -0.274. The molecule has 174 valence electrons. The molecule has 0 amide bonds. The number of carbonyl (C=O) groups is 1. The van der Waals surface area contributed by atoms with Crippen LogP contribution in [-0.4, -0.2) is 30.3 Å². The summed E-state index contributed by atoms with van der Waals surface area (Å²) >= 11 is 0. The van der Waals surface area contributed by atoms with Crippen LogP contribution in [0.1, 0.15) is 48.3 Å². The van der Waals surface area contributed by atoms with E-state index in [1.54, 1.807) is 54.9 Å². The Morgan fingerprint density at radius 1 is 1.00 bits per heavy atom. The van der Waals surface area contributed by atoms with E-state index in [0.717, 1.165) is 16.8 Å². The number of methoxy groups -OCH3 is 1. The average Bonchev–Trinajstić information content (AvgIpc) is 2.77. The first-order chi connectivity index (χ1) is 15.7. The summed E-state index contributed by atoms with van der Waals surface area (Å²) in [5, 5.41) is 3.40. The number of anilines is 1. The summed E-state index contributed by atoms with van der Waals surface area (Å²) in [6, 6.07) is 15.0. The van der Waals surface area contributed by atoms with Crippen LogP contribution in [0.4, 0.5) is 14.5 Å². The molecule has 6 nitrogen and oxygen atoms in total. The fourth-order valence-electron chi connectivity index (χ4n) is 3.17. The maximum Gasteiger partial charge on any atom is 0.387 e. The summed E-state index contributed by atoms with van der Waals surface area (Å²) in [4.78, 5) is 16.5. The van der Waals surface area contributed by atoms with Gasteiger partial charge < -0.3 is 19.5 Å². The van der Waals surface area contributed by atoms with Crippen LogP contribution < -0.4 is 14.8 Å². The first kappa shape index (κ1) is 24.0. The smallest absolute Gasteiger partial charge is 0.387 e. The number of carbonyl (C=O) groups excluding carboxylic acids is 1. The van der Waals surface area contributed by atoms with E-state index in [4.69, 9.17) is 9.47 Å². The molecule has 0 aliphatic carbocycles. The average molecular weight is 456 g/mol. The van der Waals surface area contributed by atoms with Gasteiger partial charge in [-0.2, -0.15) is 8.78 Å². The van der Waals surface area contributed by atoms with Crippen LogP contribution in [0.3, 0.4) is 0 Å². The number of alkyl halides is 2. The van der Waals surface area contributed by atoms with Gasteiger partial charge in [0.2, 0.25) is 0 Å². The number of ether oxygens (including phenoxy) is 3. The maximum atomic E-state index is 12.7. The molecular formula is C25H26F2N2O4. The molecular weight excluding hydrogens is 430 g/mol. The normalized spacial score (nSPS) is 12.2. The van der Waals surface area contributed by atoms with Gasteiger partial charge in [-0.05, 0) is 74.4 Å². The Kier molecular flexibility index (Phi) is 7.48. The van der Waals surface area contributed by atoms with Crippen LogP contribution in [-0.2, 0) is 4.74 Å². The lowest BCUT2D eigenvalue weighted by Gasteiger charge is -2.22. The zero-order chi connectivity index (χ0) is 24.0. The standard InChI is InChI=1S/C25H26F2N2O4/c1-25(2,3)33-23(30)16-7-10-19(11-8-16)29-22(18-6-5-13-28-15-18)17-9-12-20(32-24(26)27)21(14-17)31-4/h5-15,22,24,29H,1-4H3. The Labute approximate surface area is 191 Å². The summed E-state index contributed by atoms with van der Waals surface area (Å²) in [6.45, 7) is 2.47. The molecule has 1 aromatic heterocycles. The first-order valence-electron chi connectivity index (χ1n) is 10.3. The summed E-state index contributed by atoms with van der Waals surface area (Å²) in [5.41, 5.74) is 2.18. The van der Waals surface area contributed by atoms with Crippen molar-refractivity contribution in [1.82, 2.24) is 4.98 Å². The number of esters is 1. The van der Waals surface area contributed by atoms with Gasteiger partial charge in [0.25, 0.3) is 0 Å². The molecule has 1 atom stereocenters. The third-order valence-corrected chi connectivity index (χ3v) is 4.59. The first-order valence-corrected chi connectivity index (χ1v) is 10.3. The van der Waals surface area contributed by atoms with Crippen molar-refractivity contribution in [1.29, 1.82) is 0 Å². The molecule has 8 heteroatoms. The van der Waals surface area contributed by atoms with Gasteiger partial charge >= 0.3 is 12.6 Å². The number of halogens is 2. The van der Waals surface area contributed by atoms with E-state index in [-0.39, 0.29) is 17.5 Å². The molecule has 0 aliphatic rings. The van der Waals surface area contributed by atoms with Crippen molar-refractivity contribution in [2.45, 2.75) is 39.0 Å². The summed E-state index contributed by atoms with van der Waals surface area (Å²) < 4.78 is 40.6. The number of hydrogen-bond acceptors (Lipinski definition) is 6. The van der Waals surface area contributed by atoms with E-state index >= 15 is 0 Å². The molecule has 0 aliphatic heterocycles. The second-order valence-corrected chi connectivity index (χ2v) is 8.23. The second-order valence-electron chi connectivity index (χ2n) is 8.23. The lowest BCUT2D eigenvalue weighted by molar-refractivity contribution is -0.0512. The lowest BCUT2D eigenvalue weighted by atomic mass is 9.99. The number of hydrogen-bond donors (Lipinski definition) is 1. The van der Waals surface area contributed by atoms with Crippen molar-refractivity contribution >= 4 is 11.7 Å². The lowest BCUT2D eigenvalue weighted by Crippen LogP contribution is -2.23. The third kappa shape index (κ3) is 6.65. The van der Waals surface area contributed by atoms with Crippen LogP contribution in [0, 0.1) is 0 Å². The van der Waals surface area contributed by atoms with Crippen LogP contribution in [0.2, 0.25) is 0 Å². The molecule has 1 heterocycles. The highest BCUT2D eigenvalue weighted by Gasteiger charge is 2.20. The minimum Gasteiger partial charge on any atom is -0.493 e. The molecule has 2 aromatic carbocycles. The highest BCUT2D eigenvalue weighted by molar-refractivity contribution is 5.90. The third-order valence-electron chi connectivity index (χ3n) is 4.59. The van der Waals surface area contributed by atoms with Crippen molar-refractivity contribution in [3.8, 4) is 11.5 Å². The number of nitrogens with zero attached hydrogens (tertiary/aromatic N) is 1. The van der Waals surface area contributed by atoms with Gasteiger partial charge in [-0.25, -0.2) is 4.79 Å². The predicted molar refractivity (Wildman–Crippen MR) is 121 cm³/mol. The highest BCUT2D eigenvalue weighted by atomic mass is 19.3.